The summed E-state index contributed by atoms with van der Waals surface area (Å²) in [4.78, 5) is 11.6. The molecule has 1 atom stereocenters. The highest BCUT2D eigenvalue weighted by atomic mass is 16.5. The van der Waals surface area contributed by atoms with Crippen LogP contribution in [0.1, 0.15) is 12.8 Å². The molecule has 2 N–H and O–H groups in total. The van der Waals surface area contributed by atoms with E-state index in [0.29, 0.717) is 12.5 Å². The minimum Gasteiger partial charge on any atom is -0.372 e. The Labute approximate surface area is 108 Å². The average molecular weight is 248 g/mol. The van der Waals surface area contributed by atoms with Gasteiger partial charge < -0.3 is 15.4 Å². The molecular formula is C14H20N2O2. The van der Waals surface area contributed by atoms with E-state index in [4.69, 9.17) is 4.74 Å². The van der Waals surface area contributed by atoms with Crippen LogP contribution in [0.4, 0.5) is 5.69 Å². The van der Waals surface area contributed by atoms with Crippen molar-refractivity contribution < 1.29 is 9.53 Å². The molecule has 0 radical (unpaired) electrons. The molecule has 1 amide bonds. The van der Waals surface area contributed by atoms with Crippen LogP contribution in [0.5, 0.6) is 0 Å². The number of anilines is 1. The lowest BCUT2D eigenvalue weighted by Crippen LogP contribution is -2.19. The molecule has 0 aromatic heterocycles. The van der Waals surface area contributed by atoms with Crippen molar-refractivity contribution in [1.82, 2.24) is 5.32 Å². The zero-order valence-electron chi connectivity index (χ0n) is 10.5. The minimum atomic E-state index is -0.0919. The summed E-state index contributed by atoms with van der Waals surface area (Å²) in [6, 6.07) is 9.43. The normalized spacial score (nSPS) is 18.8. The van der Waals surface area contributed by atoms with Crippen LogP contribution in [-0.2, 0) is 9.53 Å². The Balaban J connectivity index is 1.57. The first-order chi connectivity index (χ1) is 8.84. The summed E-state index contributed by atoms with van der Waals surface area (Å²) in [6.45, 7) is 2.99. The summed E-state index contributed by atoms with van der Waals surface area (Å²) in [6.07, 6.45) is 2.26. The van der Waals surface area contributed by atoms with Gasteiger partial charge in [-0.05, 0) is 44.0 Å². The van der Waals surface area contributed by atoms with E-state index in [9.17, 15) is 4.79 Å². The van der Waals surface area contributed by atoms with Gasteiger partial charge >= 0.3 is 0 Å². The molecule has 0 aliphatic carbocycles. The quantitative estimate of drug-likeness (QED) is 0.752. The lowest BCUT2D eigenvalue weighted by atomic mass is 10.1. The molecule has 1 heterocycles. The summed E-state index contributed by atoms with van der Waals surface area (Å²) in [7, 11) is 0. The van der Waals surface area contributed by atoms with Gasteiger partial charge in [-0.25, -0.2) is 0 Å². The molecule has 1 aromatic rings. The van der Waals surface area contributed by atoms with Crippen molar-refractivity contribution >= 4 is 11.6 Å². The van der Waals surface area contributed by atoms with E-state index in [1.54, 1.807) is 0 Å². The van der Waals surface area contributed by atoms with E-state index >= 15 is 0 Å². The van der Waals surface area contributed by atoms with E-state index in [1.807, 2.05) is 30.3 Å². The second-order valence-electron chi connectivity index (χ2n) is 4.61. The highest BCUT2D eigenvalue weighted by Crippen LogP contribution is 2.11. The Bertz CT molecular complexity index is 361. The predicted molar refractivity (Wildman–Crippen MR) is 71.5 cm³/mol. The third-order valence-electron chi connectivity index (χ3n) is 3.12. The molecule has 4 nitrogen and oxygen atoms in total. The average Bonchev–Trinajstić information content (AvgIpc) is 2.89. The fourth-order valence-corrected chi connectivity index (χ4v) is 2.09. The molecular weight excluding hydrogens is 228 g/mol. The SMILES string of the molecule is O=C(COCCC1CCNC1)Nc1ccccc1. The smallest absolute Gasteiger partial charge is 0.250 e. The van der Waals surface area contributed by atoms with Gasteiger partial charge in [0, 0.05) is 12.3 Å². The maximum absolute atomic E-state index is 11.6. The third-order valence-corrected chi connectivity index (χ3v) is 3.12. The first kappa shape index (κ1) is 13.1. The number of rotatable bonds is 6. The number of para-hydroxylation sites is 1. The Morgan fingerprint density at radius 1 is 1.39 bits per heavy atom. The number of hydrogen-bond donors (Lipinski definition) is 2. The third kappa shape index (κ3) is 4.47. The van der Waals surface area contributed by atoms with Gasteiger partial charge in [0.25, 0.3) is 0 Å². The van der Waals surface area contributed by atoms with Crippen LogP contribution in [0.15, 0.2) is 30.3 Å². The Hall–Kier alpha value is -1.39. The van der Waals surface area contributed by atoms with Crippen molar-refractivity contribution in [2.24, 2.45) is 5.92 Å². The number of nitrogens with one attached hydrogen (secondary N) is 2. The molecule has 98 valence electrons. The molecule has 0 spiro atoms. The predicted octanol–water partition coefficient (Wildman–Crippen LogP) is 1.64. The maximum atomic E-state index is 11.6. The molecule has 1 aliphatic rings. The summed E-state index contributed by atoms with van der Waals surface area (Å²) < 4.78 is 5.39. The van der Waals surface area contributed by atoms with Gasteiger partial charge in [0.1, 0.15) is 6.61 Å². The Morgan fingerprint density at radius 3 is 2.94 bits per heavy atom. The highest BCUT2D eigenvalue weighted by Gasteiger charge is 2.13. The van der Waals surface area contributed by atoms with E-state index in [1.165, 1.54) is 6.42 Å². The fourth-order valence-electron chi connectivity index (χ4n) is 2.09. The van der Waals surface area contributed by atoms with E-state index in [-0.39, 0.29) is 12.5 Å². The summed E-state index contributed by atoms with van der Waals surface area (Å²) in [5, 5.41) is 6.11. The van der Waals surface area contributed by atoms with Crippen LogP contribution >= 0.6 is 0 Å². The molecule has 4 heteroatoms. The summed E-state index contributed by atoms with van der Waals surface area (Å²) in [5.41, 5.74) is 0.811. The highest BCUT2D eigenvalue weighted by molar-refractivity contribution is 5.91. The molecule has 1 aliphatic heterocycles. The molecule has 0 saturated carbocycles. The van der Waals surface area contributed by atoms with Gasteiger partial charge in [-0.1, -0.05) is 18.2 Å². The molecule has 2 rings (SSSR count). The van der Waals surface area contributed by atoms with Crippen LogP contribution in [0.3, 0.4) is 0 Å². The largest absolute Gasteiger partial charge is 0.372 e. The monoisotopic (exact) mass is 248 g/mol. The van der Waals surface area contributed by atoms with Crippen molar-refractivity contribution in [2.75, 3.05) is 31.6 Å². The van der Waals surface area contributed by atoms with Gasteiger partial charge in [-0.3, -0.25) is 4.79 Å². The standard InChI is InChI=1S/C14H20N2O2/c17-14(16-13-4-2-1-3-5-13)11-18-9-7-12-6-8-15-10-12/h1-5,12,15H,6-11H2,(H,16,17). The van der Waals surface area contributed by atoms with Crippen molar-refractivity contribution in [2.45, 2.75) is 12.8 Å². The van der Waals surface area contributed by atoms with E-state index < -0.39 is 0 Å². The maximum Gasteiger partial charge on any atom is 0.250 e. The zero-order chi connectivity index (χ0) is 12.6. The van der Waals surface area contributed by atoms with Crippen molar-refractivity contribution in [3.05, 3.63) is 30.3 Å². The van der Waals surface area contributed by atoms with Gasteiger partial charge in [-0.15, -0.1) is 0 Å². The van der Waals surface area contributed by atoms with Crippen LogP contribution < -0.4 is 10.6 Å². The summed E-state index contributed by atoms with van der Waals surface area (Å²) in [5.74, 6) is 0.618. The molecule has 18 heavy (non-hydrogen) atoms. The number of amides is 1. The number of carbonyl (C=O) groups excluding carboxylic acids is 1. The number of benzene rings is 1. The second kappa shape index (κ2) is 7.13. The van der Waals surface area contributed by atoms with Gasteiger partial charge in [0.15, 0.2) is 0 Å². The van der Waals surface area contributed by atoms with Crippen LogP contribution in [0, 0.1) is 5.92 Å². The molecule has 1 saturated heterocycles. The number of carbonyl (C=O) groups is 1. The minimum absolute atomic E-state index is 0.0919. The van der Waals surface area contributed by atoms with Crippen molar-refractivity contribution in [1.29, 1.82) is 0 Å². The van der Waals surface area contributed by atoms with Gasteiger partial charge in [0.05, 0.1) is 0 Å². The lowest BCUT2D eigenvalue weighted by molar-refractivity contribution is -0.120. The van der Waals surface area contributed by atoms with Gasteiger partial charge in [-0.2, -0.15) is 0 Å². The zero-order valence-corrected chi connectivity index (χ0v) is 10.5. The van der Waals surface area contributed by atoms with Crippen LogP contribution in [0.2, 0.25) is 0 Å². The van der Waals surface area contributed by atoms with Gasteiger partial charge in [0.2, 0.25) is 5.91 Å². The molecule has 0 bridgehead atoms. The van der Waals surface area contributed by atoms with Crippen molar-refractivity contribution in [3.8, 4) is 0 Å². The fraction of sp³-hybridized carbons (Fsp3) is 0.500. The first-order valence-corrected chi connectivity index (χ1v) is 6.48. The van der Waals surface area contributed by atoms with E-state index in [2.05, 4.69) is 10.6 Å². The Kier molecular flexibility index (Phi) is 5.17. The molecule has 1 fully saturated rings. The number of hydrogen-bond acceptors (Lipinski definition) is 3. The van der Waals surface area contributed by atoms with Crippen molar-refractivity contribution in [3.63, 3.8) is 0 Å². The van der Waals surface area contributed by atoms with Crippen LogP contribution in [-0.4, -0.2) is 32.2 Å². The van der Waals surface area contributed by atoms with Crippen LogP contribution in [0.25, 0.3) is 0 Å². The number of ether oxygens (including phenoxy) is 1. The Morgan fingerprint density at radius 2 is 2.22 bits per heavy atom. The lowest BCUT2D eigenvalue weighted by Gasteiger charge is -2.09. The summed E-state index contributed by atoms with van der Waals surface area (Å²) >= 11 is 0. The second-order valence-corrected chi connectivity index (χ2v) is 4.61. The van der Waals surface area contributed by atoms with E-state index in [0.717, 1.165) is 25.2 Å². The first-order valence-electron chi connectivity index (χ1n) is 6.48. The molecule has 1 unspecified atom stereocenters. The topological polar surface area (TPSA) is 50.4 Å². The molecule has 1 aromatic carbocycles.